The largest absolute Gasteiger partial charge is 0.493 e. The fourth-order valence-electron chi connectivity index (χ4n) is 3.38. The molecule has 1 atom stereocenters. The molecule has 3 N–H and O–H groups in total. The predicted molar refractivity (Wildman–Crippen MR) is 112 cm³/mol. The molecule has 0 aromatic heterocycles. The number of halogens is 2. The molecule has 29 heavy (non-hydrogen) atoms. The number of nitrogens with two attached hydrogens (primary N) is 1. The van der Waals surface area contributed by atoms with E-state index in [-0.39, 0.29) is 12.3 Å². The van der Waals surface area contributed by atoms with Crippen molar-refractivity contribution >= 4 is 35.0 Å². The highest BCUT2D eigenvalue weighted by Crippen LogP contribution is 2.51. The highest BCUT2D eigenvalue weighted by atomic mass is 35.5. The molecule has 2 aromatic rings. The third kappa shape index (κ3) is 4.43. The maximum atomic E-state index is 13.0. The van der Waals surface area contributed by atoms with Crippen molar-refractivity contribution in [2.75, 3.05) is 14.2 Å². The molecule has 1 aliphatic rings. The molecular formula is C21H22Cl2N2O4. The Bertz CT molecular complexity index is 944. The highest BCUT2D eigenvalue weighted by Gasteiger charge is 2.52. The van der Waals surface area contributed by atoms with Gasteiger partial charge in [-0.15, -0.1) is 0 Å². The van der Waals surface area contributed by atoms with Crippen molar-refractivity contribution in [2.45, 2.75) is 30.7 Å². The summed E-state index contributed by atoms with van der Waals surface area (Å²) >= 11 is 12.3. The van der Waals surface area contributed by atoms with Crippen LogP contribution < -0.4 is 20.5 Å². The number of benzene rings is 2. The lowest BCUT2D eigenvalue weighted by Crippen LogP contribution is -2.49. The number of primary amides is 1. The van der Waals surface area contributed by atoms with Crippen LogP contribution in [0.15, 0.2) is 36.4 Å². The summed E-state index contributed by atoms with van der Waals surface area (Å²) in [5.41, 5.74) is 6.28. The smallest absolute Gasteiger partial charge is 0.240 e. The molecule has 1 fully saturated rings. The van der Waals surface area contributed by atoms with E-state index >= 15 is 0 Å². The summed E-state index contributed by atoms with van der Waals surface area (Å²) in [4.78, 5) is 25.1. The lowest BCUT2D eigenvalue weighted by molar-refractivity contribution is -0.128. The van der Waals surface area contributed by atoms with Crippen LogP contribution in [-0.2, 0) is 21.4 Å². The van der Waals surface area contributed by atoms with Crippen molar-refractivity contribution in [3.05, 3.63) is 57.6 Å². The molecule has 1 unspecified atom stereocenters. The molecule has 8 heteroatoms. The third-order valence-electron chi connectivity index (χ3n) is 5.17. The van der Waals surface area contributed by atoms with Crippen LogP contribution in [0.5, 0.6) is 11.5 Å². The third-order valence-corrected chi connectivity index (χ3v) is 5.72. The second-order valence-electron chi connectivity index (χ2n) is 7.03. The van der Waals surface area contributed by atoms with Gasteiger partial charge in [0.05, 0.1) is 19.6 Å². The first-order chi connectivity index (χ1) is 13.8. The molecule has 0 spiro atoms. The summed E-state index contributed by atoms with van der Waals surface area (Å²) in [6.07, 6.45) is 1.51. The van der Waals surface area contributed by atoms with E-state index in [0.29, 0.717) is 39.9 Å². The minimum atomic E-state index is -0.871. The van der Waals surface area contributed by atoms with Crippen molar-refractivity contribution in [1.82, 2.24) is 5.32 Å². The normalized spacial score (nSPS) is 15.3. The van der Waals surface area contributed by atoms with E-state index in [1.807, 2.05) is 0 Å². The van der Waals surface area contributed by atoms with E-state index in [2.05, 4.69) is 5.32 Å². The summed E-state index contributed by atoms with van der Waals surface area (Å²) in [5, 5.41) is 3.73. The monoisotopic (exact) mass is 436 g/mol. The van der Waals surface area contributed by atoms with Crippen LogP contribution in [0, 0.1) is 0 Å². The maximum Gasteiger partial charge on any atom is 0.240 e. The molecule has 2 aromatic carbocycles. The number of carbonyl (C=O) groups excluding carboxylic acids is 2. The van der Waals surface area contributed by atoms with Crippen molar-refractivity contribution in [3.63, 3.8) is 0 Å². The molecule has 154 valence electrons. The van der Waals surface area contributed by atoms with Gasteiger partial charge in [0.1, 0.15) is 6.04 Å². The molecule has 0 radical (unpaired) electrons. The van der Waals surface area contributed by atoms with Gasteiger partial charge in [0.2, 0.25) is 11.8 Å². The first-order valence-corrected chi connectivity index (χ1v) is 9.83. The number of hydrogen-bond acceptors (Lipinski definition) is 4. The number of ether oxygens (including phenoxy) is 2. The molecule has 0 heterocycles. The van der Waals surface area contributed by atoms with Crippen LogP contribution in [0.4, 0.5) is 0 Å². The minimum Gasteiger partial charge on any atom is -0.493 e. The molecule has 1 saturated carbocycles. The Morgan fingerprint density at radius 2 is 1.79 bits per heavy atom. The van der Waals surface area contributed by atoms with Crippen molar-refractivity contribution < 1.29 is 19.1 Å². The van der Waals surface area contributed by atoms with Crippen LogP contribution >= 0.6 is 23.2 Å². The van der Waals surface area contributed by atoms with Gasteiger partial charge in [-0.3, -0.25) is 9.59 Å². The van der Waals surface area contributed by atoms with Gasteiger partial charge in [-0.25, -0.2) is 0 Å². The van der Waals surface area contributed by atoms with E-state index < -0.39 is 17.4 Å². The number of nitrogens with one attached hydrogen (secondary N) is 1. The minimum absolute atomic E-state index is 0.228. The summed E-state index contributed by atoms with van der Waals surface area (Å²) in [7, 11) is 3.07. The van der Waals surface area contributed by atoms with Crippen LogP contribution in [0.25, 0.3) is 0 Å². The van der Waals surface area contributed by atoms with Gasteiger partial charge >= 0.3 is 0 Å². The van der Waals surface area contributed by atoms with Crippen LogP contribution in [-0.4, -0.2) is 32.1 Å². The van der Waals surface area contributed by atoms with E-state index in [4.69, 9.17) is 38.4 Å². The van der Waals surface area contributed by atoms with Gasteiger partial charge in [-0.1, -0.05) is 35.3 Å². The fourth-order valence-corrected chi connectivity index (χ4v) is 3.97. The first kappa shape index (κ1) is 21.3. The predicted octanol–water partition coefficient (Wildman–Crippen LogP) is 3.26. The lowest BCUT2D eigenvalue weighted by atomic mass is 9.94. The fraction of sp³-hybridized carbons (Fsp3) is 0.333. The summed E-state index contributed by atoms with van der Waals surface area (Å²) in [6, 6.07) is 9.49. The SMILES string of the molecule is COc1ccc(CC(NC(=O)C2(c3ccc(Cl)cc3Cl)CC2)C(N)=O)cc1OC. The number of methoxy groups -OCH3 is 2. The summed E-state index contributed by atoms with van der Waals surface area (Å²) in [5.74, 6) is 0.216. The van der Waals surface area contributed by atoms with Crippen LogP contribution in [0.3, 0.4) is 0 Å². The van der Waals surface area contributed by atoms with Crippen LogP contribution in [0.2, 0.25) is 10.0 Å². The zero-order valence-corrected chi connectivity index (χ0v) is 17.6. The molecule has 0 saturated heterocycles. The van der Waals surface area contributed by atoms with Gasteiger partial charge in [0.15, 0.2) is 11.5 Å². The Morgan fingerprint density at radius 3 is 2.34 bits per heavy atom. The first-order valence-electron chi connectivity index (χ1n) is 9.07. The van der Waals surface area contributed by atoms with Crippen molar-refractivity contribution in [3.8, 4) is 11.5 Å². The van der Waals surface area contributed by atoms with E-state index in [9.17, 15) is 9.59 Å². The Labute approximate surface area is 179 Å². The van der Waals surface area contributed by atoms with E-state index in [1.54, 1.807) is 43.5 Å². The molecule has 1 aliphatic carbocycles. The zero-order chi connectivity index (χ0) is 21.2. The van der Waals surface area contributed by atoms with Crippen molar-refractivity contribution in [2.24, 2.45) is 5.73 Å². The Kier molecular flexibility index (Phi) is 6.24. The second-order valence-corrected chi connectivity index (χ2v) is 7.87. The lowest BCUT2D eigenvalue weighted by Gasteiger charge is -2.22. The topological polar surface area (TPSA) is 90.6 Å². The Morgan fingerprint density at radius 1 is 1.10 bits per heavy atom. The van der Waals surface area contributed by atoms with Gasteiger partial charge in [0.25, 0.3) is 0 Å². The van der Waals surface area contributed by atoms with E-state index in [0.717, 1.165) is 5.56 Å². The molecular weight excluding hydrogens is 415 g/mol. The van der Waals surface area contributed by atoms with Crippen LogP contribution in [0.1, 0.15) is 24.0 Å². The average molecular weight is 437 g/mol. The molecule has 0 bridgehead atoms. The quantitative estimate of drug-likeness (QED) is 0.664. The number of amides is 2. The van der Waals surface area contributed by atoms with Gasteiger partial charge in [0, 0.05) is 16.5 Å². The number of carbonyl (C=O) groups is 2. The van der Waals surface area contributed by atoms with E-state index in [1.165, 1.54) is 7.11 Å². The summed E-state index contributed by atoms with van der Waals surface area (Å²) < 4.78 is 10.5. The zero-order valence-electron chi connectivity index (χ0n) is 16.1. The van der Waals surface area contributed by atoms with Gasteiger partial charge in [-0.2, -0.15) is 0 Å². The number of hydrogen-bond donors (Lipinski definition) is 2. The standard InChI is InChI=1S/C21H22Cl2N2O4/c1-28-17-6-3-12(10-18(17)29-2)9-16(19(24)26)25-20(27)21(7-8-21)14-5-4-13(22)11-15(14)23/h3-6,10-11,16H,7-9H2,1-2H3,(H2,24,26)(H,25,27). The van der Waals surface area contributed by atoms with Crippen molar-refractivity contribution in [1.29, 1.82) is 0 Å². The Balaban J connectivity index is 1.79. The van der Waals surface area contributed by atoms with Gasteiger partial charge in [-0.05, 0) is 48.2 Å². The highest BCUT2D eigenvalue weighted by molar-refractivity contribution is 6.35. The second kappa shape index (κ2) is 8.51. The van der Waals surface area contributed by atoms with Gasteiger partial charge < -0.3 is 20.5 Å². The molecule has 2 amide bonds. The number of rotatable bonds is 8. The summed E-state index contributed by atoms with van der Waals surface area (Å²) in [6.45, 7) is 0. The molecule has 6 nitrogen and oxygen atoms in total. The molecule has 3 rings (SSSR count). The maximum absolute atomic E-state index is 13.0. The molecule has 0 aliphatic heterocycles. The Hall–Kier alpha value is -2.44. The average Bonchev–Trinajstić information content (AvgIpc) is 3.48.